The summed E-state index contributed by atoms with van der Waals surface area (Å²) in [6.07, 6.45) is -0.209. The van der Waals surface area contributed by atoms with Gasteiger partial charge in [-0.3, -0.25) is 4.79 Å². The standard InChI is InChI=1S/C15H21NO5/c1-4-21-8-14(17)16-11-5-9-6-12(19-2)13(20-3)7-10(9)15(11)18/h6-7,11,15,18H,4-5,8H2,1-3H3,(H,16,17). The third kappa shape index (κ3) is 3.28. The smallest absolute Gasteiger partial charge is 0.246 e. The van der Waals surface area contributed by atoms with Crippen molar-refractivity contribution in [2.45, 2.75) is 25.5 Å². The Labute approximate surface area is 124 Å². The van der Waals surface area contributed by atoms with Crippen LogP contribution in [0.5, 0.6) is 11.5 Å². The summed E-state index contributed by atoms with van der Waals surface area (Å²) in [5.74, 6) is 0.953. The zero-order chi connectivity index (χ0) is 15.4. The van der Waals surface area contributed by atoms with E-state index in [1.807, 2.05) is 13.0 Å². The summed E-state index contributed by atoms with van der Waals surface area (Å²) in [5, 5.41) is 13.1. The fourth-order valence-corrected chi connectivity index (χ4v) is 2.53. The van der Waals surface area contributed by atoms with E-state index in [1.54, 1.807) is 20.3 Å². The average molecular weight is 295 g/mol. The minimum absolute atomic E-state index is 0.00269. The fraction of sp³-hybridized carbons (Fsp3) is 0.533. The second kappa shape index (κ2) is 6.78. The number of aliphatic hydroxyl groups is 1. The van der Waals surface area contributed by atoms with Gasteiger partial charge in [0.05, 0.1) is 26.4 Å². The summed E-state index contributed by atoms with van der Waals surface area (Å²) in [7, 11) is 3.11. The van der Waals surface area contributed by atoms with Gasteiger partial charge in [-0.1, -0.05) is 0 Å². The quantitative estimate of drug-likeness (QED) is 0.812. The van der Waals surface area contributed by atoms with Crippen LogP contribution in [0.2, 0.25) is 0 Å². The van der Waals surface area contributed by atoms with Gasteiger partial charge in [0, 0.05) is 6.61 Å². The molecule has 116 valence electrons. The molecule has 21 heavy (non-hydrogen) atoms. The molecule has 0 aliphatic heterocycles. The molecule has 0 heterocycles. The molecule has 1 amide bonds. The van der Waals surface area contributed by atoms with Gasteiger partial charge in [0.25, 0.3) is 0 Å². The first-order valence-corrected chi connectivity index (χ1v) is 6.90. The summed E-state index contributed by atoms with van der Waals surface area (Å²) in [6, 6.07) is 3.24. The van der Waals surface area contributed by atoms with Crippen LogP contribution in [0, 0.1) is 0 Å². The first-order valence-electron chi connectivity index (χ1n) is 6.90. The zero-order valence-electron chi connectivity index (χ0n) is 12.5. The summed E-state index contributed by atoms with van der Waals surface area (Å²) >= 11 is 0. The van der Waals surface area contributed by atoms with Gasteiger partial charge < -0.3 is 24.6 Å². The van der Waals surface area contributed by atoms with Gasteiger partial charge in [-0.2, -0.15) is 0 Å². The lowest BCUT2D eigenvalue weighted by atomic mass is 10.1. The third-order valence-corrected chi connectivity index (χ3v) is 3.57. The molecule has 6 heteroatoms. The maximum atomic E-state index is 11.7. The Morgan fingerprint density at radius 2 is 2.00 bits per heavy atom. The minimum Gasteiger partial charge on any atom is -0.493 e. The normalized spacial score (nSPS) is 20.0. The molecule has 1 aromatic rings. The molecule has 2 unspecified atom stereocenters. The third-order valence-electron chi connectivity index (χ3n) is 3.57. The molecular weight excluding hydrogens is 274 g/mol. The summed E-state index contributed by atoms with van der Waals surface area (Å²) in [6.45, 7) is 2.31. The minimum atomic E-state index is -0.759. The largest absolute Gasteiger partial charge is 0.493 e. The van der Waals surface area contributed by atoms with Crippen molar-refractivity contribution in [2.24, 2.45) is 0 Å². The lowest BCUT2D eigenvalue weighted by Gasteiger charge is -2.17. The van der Waals surface area contributed by atoms with Gasteiger partial charge in [0.15, 0.2) is 11.5 Å². The topological polar surface area (TPSA) is 77.0 Å². The van der Waals surface area contributed by atoms with Crippen molar-refractivity contribution in [3.63, 3.8) is 0 Å². The SMILES string of the molecule is CCOCC(=O)NC1Cc2cc(OC)c(OC)cc2C1O. The summed E-state index contributed by atoms with van der Waals surface area (Å²) in [5.41, 5.74) is 1.70. The molecule has 1 aromatic carbocycles. The van der Waals surface area contributed by atoms with Crippen LogP contribution in [0.25, 0.3) is 0 Å². The molecule has 6 nitrogen and oxygen atoms in total. The summed E-state index contributed by atoms with van der Waals surface area (Å²) < 4.78 is 15.5. The van der Waals surface area contributed by atoms with Crippen LogP contribution in [0.4, 0.5) is 0 Å². The maximum Gasteiger partial charge on any atom is 0.246 e. The highest BCUT2D eigenvalue weighted by Crippen LogP contribution is 2.39. The van der Waals surface area contributed by atoms with Crippen LogP contribution >= 0.6 is 0 Å². The average Bonchev–Trinajstić information content (AvgIpc) is 2.79. The van der Waals surface area contributed by atoms with Crippen molar-refractivity contribution in [3.8, 4) is 11.5 Å². The number of methoxy groups -OCH3 is 2. The van der Waals surface area contributed by atoms with E-state index >= 15 is 0 Å². The first kappa shape index (κ1) is 15.6. The molecule has 1 aliphatic carbocycles. The monoisotopic (exact) mass is 295 g/mol. The Hall–Kier alpha value is -1.79. The van der Waals surface area contributed by atoms with Crippen molar-refractivity contribution in [1.29, 1.82) is 0 Å². The van der Waals surface area contributed by atoms with E-state index in [0.29, 0.717) is 24.5 Å². The highest BCUT2D eigenvalue weighted by molar-refractivity contribution is 5.77. The second-order valence-corrected chi connectivity index (χ2v) is 4.87. The Kier molecular flexibility index (Phi) is 5.03. The van der Waals surface area contributed by atoms with E-state index in [4.69, 9.17) is 14.2 Å². The van der Waals surface area contributed by atoms with E-state index in [0.717, 1.165) is 11.1 Å². The number of nitrogens with one attached hydrogen (secondary N) is 1. The van der Waals surface area contributed by atoms with Crippen LogP contribution in [-0.4, -0.2) is 44.5 Å². The van der Waals surface area contributed by atoms with Gasteiger partial charge in [-0.15, -0.1) is 0 Å². The molecule has 0 bridgehead atoms. The van der Waals surface area contributed by atoms with Gasteiger partial charge in [-0.05, 0) is 36.6 Å². The number of amides is 1. The van der Waals surface area contributed by atoms with Crippen LogP contribution < -0.4 is 14.8 Å². The predicted octanol–water partition coefficient (Wildman–Crippen LogP) is 0.815. The number of hydrogen-bond acceptors (Lipinski definition) is 5. The molecule has 2 atom stereocenters. The number of fused-ring (bicyclic) bond motifs is 1. The molecular formula is C15H21NO5. The second-order valence-electron chi connectivity index (χ2n) is 4.87. The molecule has 2 rings (SSSR count). The van der Waals surface area contributed by atoms with E-state index < -0.39 is 6.10 Å². The number of rotatable bonds is 6. The molecule has 0 spiro atoms. The van der Waals surface area contributed by atoms with Crippen LogP contribution in [-0.2, 0) is 16.0 Å². The molecule has 1 aliphatic rings. The van der Waals surface area contributed by atoms with Gasteiger partial charge >= 0.3 is 0 Å². The van der Waals surface area contributed by atoms with Crippen LogP contribution in [0.1, 0.15) is 24.2 Å². The van der Waals surface area contributed by atoms with Crippen LogP contribution in [0.15, 0.2) is 12.1 Å². The van der Waals surface area contributed by atoms with E-state index in [1.165, 1.54) is 0 Å². The van der Waals surface area contributed by atoms with Crippen molar-refractivity contribution < 1.29 is 24.1 Å². The Bertz CT molecular complexity index is 517. The number of ether oxygens (including phenoxy) is 3. The first-order chi connectivity index (χ1) is 10.1. The fourth-order valence-electron chi connectivity index (χ4n) is 2.53. The Balaban J connectivity index is 2.12. The van der Waals surface area contributed by atoms with Gasteiger partial charge in [-0.25, -0.2) is 0 Å². The van der Waals surface area contributed by atoms with Crippen molar-refractivity contribution in [3.05, 3.63) is 23.3 Å². The highest BCUT2D eigenvalue weighted by Gasteiger charge is 2.33. The van der Waals surface area contributed by atoms with Crippen molar-refractivity contribution in [2.75, 3.05) is 27.4 Å². The van der Waals surface area contributed by atoms with E-state index in [-0.39, 0.29) is 18.6 Å². The molecule has 2 N–H and O–H groups in total. The Morgan fingerprint density at radius 3 is 2.62 bits per heavy atom. The lowest BCUT2D eigenvalue weighted by molar-refractivity contribution is -0.127. The van der Waals surface area contributed by atoms with E-state index in [9.17, 15) is 9.90 Å². The van der Waals surface area contributed by atoms with Crippen molar-refractivity contribution >= 4 is 5.91 Å². The number of carbonyl (C=O) groups is 1. The maximum absolute atomic E-state index is 11.7. The van der Waals surface area contributed by atoms with Crippen LogP contribution in [0.3, 0.4) is 0 Å². The number of hydrogen-bond donors (Lipinski definition) is 2. The molecule has 0 saturated heterocycles. The Morgan fingerprint density at radius 1 is 1.33 bits per heavy atom. The predicted molar refractivity (Wildman–Crippen MR) is 76.6 cm³/mol. The molecule has 0 radical (unpaired) electrons. The van der Waals surface area contributed by atoms with Crippen molar-refractivity contribution in [1.82, 2.24) is 5.32 Å². The molecule has 0 aromatic heterocycles. The summed E-state index contributed by atoms with van der Waals surface area (Å²) in [4.78, 5) is 11.7. The molecule has 0 fully saturated rings. The number of carbonyl (C=O) groups excluding carboxylic acids is 1. The van der Waals surface area contributed by atoms with Gasteiger partial charge in [0.1, 0.15) is 6.61 Å². The lowest BCUT2D eigenvalue weighted by Crippen LogP contribution is -2.39. The number of benzene rings is 1. The van der Waals surface area contributed by atoms with E-state index in [2.05, 4.69) is 5.32 Å². The molecule has 0 saturated carbocycles. The zero-order valence-corrected chi connectivity index (χ0v) is 12.5. The highest BCUT2D eigenvalue weighted by atomic mass is 16.5. The van der Waals surface area contributed by atoms with Gasteiger partial charge in [0.2, 0.25) is 5.91 Å². The number of aliphatic hydroxyl groups excluding tert-OH is 1.